The van der Waals surface area contributed by atoms with Crippen molar-refractivity contribution in [2.75, 3.05) is 5.73 Å². The first-order valence-electron chi connectivity index (χ1n) is 2.92. The highest BCUT2D eigenvalue weighted by atomic mass is 35.5. The predicted octanol–water partition coefficient (Wildman–Crippen LogP) is 0.587. The number of nitrogens with two attached hydrogens (primary N) is 1. The molecule has 2 N–H and O–H groups in total. The first-order chi connectivity index (χ1) is 5.74. The van der Waals surface area contributed by atoms with Gasteiger partial charge in [-0.2, -0.15) is 5.26 Å². The highest BCUT2D eigenvalue weighted by Gasteiger charge is 1.98. The fourth-order valence-electron chi connectivity index (χ4n) is 0.528. The predicted molar refractivity (Wildman–Crippen MR) is 43.9 cm³/mol. The van der Waals surface area contributed by atoms with Crippen LogP contribution in [0.25, 0.3) is 0 Å². The van der Waals surface area contributed by atoms with Gasteiger partial charge in [0, 0.05) is 5.92 Å². The summed E-state index contributed by atoms with van der Waals surface area (Å²) in [5.41, 5.74) is 5.63. The van der Waals surface area contributed by atoms with Crippen LogP contribution in [0.15, 0.2) is 6.20 Å². The van der Waals surface area contributed by atoms with Gasteiger partial charge in [0.05, 0.1) is 6.20 Å². The normalized spacial score (nSPS) is 8.00. The van der Waals surface area contributed by atoms with E-state index in [1.54, 1.807) is 6.07 Å². The molecule has 0 aliphatic carbocycles. The molecule has 0 fully saturated rings. The Morgan fingerprint density at radius 1 is 1.58 bits per heavy atom. The van der Waals surface area contributed by atoms with Crippen LogP contribution in [0.2, 0.25) is 5.15 Å². The second kappa shape index (κ2) is 3.56. The number of nitrogens with zero attached hydrogens (tertiary/aromatic N) is 3. The van der Waals surface area contributed by atoms with Crippen molar-refractivity contribution in [2.45, 2.75) is 0 Å². The lowest BCUT2D eigenvalue weighted by atomic mass is 10.4. The van der Waals surface area contributed by atoms with E-state index in [2.05, 4.69) is 21.8 Å². The van der Waals surface area contributed by atoms with Gasteiger partial charge in [0.1, 0.15) is 5.69 Å². The van der Waals surface area contributed by atoms with Crippen LogP contribution in [0, 0.1) is 23.2 Å². The van der Waals surface area contributed by atoms with E-state index in [9.17, 15) is 0 Å². The summed E-state index contributed by atoms with van der Waals surface area (Å²) in [6, 6.07) is 1.65. The van der Waals surface area contributed by atoms with Crippen molar-refractivity contribution in [3.05, 3.63) is 17.0 Å². The Balaban J connectivity index is 3.07. The van der Waals surface area contributed by atoms with Crippen LogP contribution < -0.4 is 5.73 Å². The van der Waals surface area contributed by atoms with E-state index < -0.39 is 0 Å². The average molecular weight is 179 g/mol. The van der Waals surface area contributed by atoms with Crippen LogP contribution in [0.4, 0.5) is 5.82 Å². The number of aromatic nitrogens is 2. The molecule has 0 aromatic carbocycles. The van der Waals surface area contributed by atoms with Gasteiger partial charge < -0.3 is 5.73 Å². The van der Waals surface area contributed by atoms with Crippen molar-refractivity contribution >= 4 is 17.4 Å². The molecule has 4 nitrogen and oxygen atoms in total. The first kappa shape index (κ1) is 8.32. The van der Waals surface area contributed by atoms with Gasteiger partial charge in [0.15, 0.2) is 17.0 Å². The molecule has 0 unspecified atom stereocenters. The Hall–Kier alpha value is -1.78. The number of nitrogen functional groups attached to an aromatic ring is 1. The summed E-state index contributed by atoms with van der Waals surface area (Å²) in [6.07, 6.45) is 1.35. The second-order valence-corrected chi connectivity index (χ2v) is 2.15. The van der Waals surface area contributed by atoms with Crippen molar-refractivity contribution in [1.29, 1.82) is 5.26 Å². The molecule has 0 aliphatic heterocycles. The number of rotatable bonds is 0. The summed E-state index contributed by atoms with van der Waals surface area (Å²) >= 11 is 5.54. The Morgan fingerprint density at radius 3 is 2.92 bits per heavy atom. The third-order valence-electron chi connectivity index (χ3n) is 1.00. The van der Waals surface area contributed by atoms with Crippen molar-refractivity contribution in [3.8, 4) is 17.9 Å². The average Bonchev–Trinajstić information content (AvgIpc) is 2.07. The molecule has 1 aromatic heterocycles. The fraction of sp³-hybridized carbons (Fsp3) is 0. The molecular weight excluding hydrogens is 176 g/mol. The molecule has 58 valence electrons. The van der Waals surface area contributed by atoms with Gasteiger partial charge in [0.25, 0.3) is 0 Å². The lowest BCUT2D eigenvalue weighted by Crippen LogP contribution is -1.95. The van der Waals surface area contributed by atoms with E-state index in [0.29, 0.717) is 5.69 Å². The summed E-state index contributed by atoms with van der Waals surface area (Å²) < 4.78 is 0. The Kier molecular flexibility index (Phi) is 2.47. The first-order valence-corrected chi connectivity index (χ1v) is 3.30. The van der Waals surface area contributed by atoms with E-state index >= 15 is 0 Å². The number of hydrogen-bond donors (Lipinski definition) is 1. The molecule has 5 heteroatoms. The van der Waals surface area contributed by atoms with E-state index in [1.807, 2.05) is 0 Å². The molecule has 0 radical (unpaired) electrons. The standard InChI is InChI=1S/C7H3ClN4/c8-6-7(10)11-4-5(12-6)2-1-3-9/h4H,(H2,10,11). The zero-order valence-corrected chi connectivity index (χ0v) is 6.63. The second-order valence-electron chi connectivity index (χ2n) is 1.79. The number of hydrogen-bond acceptors (Lipinski definition) is 4. The number of anilines is 1. The summed E-state index contributed by atoms with van der Waals surface area (Å²) in [7, 11) is 0. The zero-order chi connectivity index (χ0) is 8.97. The largest absolute Gasteiger partial charge is 0.381 e. The third-order valence-corrected chi connectivity index (χ3v) is 1.28. The minimum absolute atomic E-state index is 0.0970. The van der Waals surface area contributed by atoms with Crippen molar-refractivity contribution in [3.63, 3.8) is 0 Å². The summed E-state index contributed by atoms with van der Waals surface area (Å²) in [4.78, 5) is 7.47. The lowest BCUT2D eigenvalue weighted by molar-refractivity contribution is 1.18. The van der Waals surface area contributed by atoms with E-state index in [0.717, 1.165) is 0 Å². The van der Waals surface area contributed by atoms with Crippen LogP contribution in [-0.2, 0) is 0 Å². The van der Waals surface area contributed by atoms with Crippen LogP contribution in [0.3, 0.4) is 0 Å². The van der Waals surface area contributed by atoms with E-state index in [1.165, 1.54) is 6.20 Å². The lowest BCUT2D eigenvalue weighted by Gasteiger charge is -1.93. The molecule has 12 heavy (non-hydrogen) atoms. The van der Waals surface area contributed by atoms with Gasteiger partial charge in [0.2, 0.25) is 0 Å². The zero-order valence-electron chi connectivity index (χ0n) is 5.87. The maximum Gasteiger partial charge on any atom is 0.172 e. The van der Waals surface area contributed by atoms with Gasteiger partial charge in [-0.05, 0) is 5.92 Å². The molecule has 0 saturated heterocycles. The summed E-state index contributed by atoms with van der Waals surface area (Å²) in [5, 5.41) is 8.22. The number of halogens is 1. The summed E-state index contributed by atoms with van der Waals surface area (Å²) in [6.45, 7) is 0. The van der Waals surface area contributed by atoms with Crippen molar-refractivity contribution in [1.82, 2.24) is 9.97 Å². The van der Waals surface area contributed by atoms with Crippen LogP contribution in [-0.4, -0.2) is 9.97 Å². The molecule has 1 heterocycles. The van der Waals surface area contributed by atoms with Crippen molar-refractivity contribution in [2.24, 2.45) is 0 Å². The van der Waals surface area contributed by atoms with Gasteiger partial charge in [-0.15, -0.1) is 0 Å². The monoisotopic (exact) mass is 178 g/mol. The van der Waals surface area contributed by atoms with E-state index in [4.69, 9.17) is 22.6 Å². The molecule has 0 amide bonds. The minimum atomic E-state index is 0.0970. The van der Waals surface area contributed by atoms with Crippen molar-refractivity contribution < 1.29 is 0 Å². The summed E-state index contributed by atoms with van der Waals surface area (Å²) in [5.74, 6) is 4.75. The molecule has 0 atom stereocenters. The molecule has 1 rings (SSSR count). The van der Waals surface area contributed by atoms with Crippen LogP contribution in [0.1, 0.15) is 5.69 Å². The Bertz CT molecular complexity index is 396. The van der Waals surface area contributed by atoms with Crippen LogP contribution in [0.5, 0.6) is 0 Å². The highest BCUT2D eigenvalue weighted by Crippen LogP contribution is 2.10. The number of nitriles is 1. The topological polar surface area (TPSA) is 75.6 Å². The molecule has 0 saturated carbocycles. The van der Waals surface area contributed by atoms with Gasteiger partial charge in [-0.25, -0.2) is 9.97 Å². The Morgan fingerprint density at radius 2 is 2.33 bits per heavy atom. The Labute approximate surface area is 74.0 Å². The molecule has 0 aliphatic rings. The maximum absolute atomic E-state index is 8.12. The molecule has 0 spiro atoms. The molecule has 1 aromatic rings. The van der Waals surface area contributed by atoms with E-state index in [-0.39, 0.29) is 11.0 Å². The fourth-order valence-corrected chi connectivity index (χ4v) is 0.668. The van der Waals surface area contributed by atoms with Gasteiger partial charge in [-0.3, -0.25) is 0 Å². The van der Waals surface area contributed by atoms with Crippen LogP contribution >= 0.6 is 11.6 Å². The quantitative estimate of drug-likeness (QED) is 0.590. The highest BCUT2D eigenvalue weighted by molar-refractivity contribution is 6.31. The smallest absolute Gasteiger partial charge is 0.172 e. The molecule has 0 bridgehead atoms. The molecular formula is C7H3ClN4. The van der Waals surface area contributed by atoms with Gasteiger partial charge >= 0.3 is 0 Å². The maximum atomic E-state index is 8.12. The third kappa shape index (κ3) is 1.85. The minimum Gasteiger partial charge on any atom is -0.381 e. The van der Waals surface area contributed by atoms with Gasteiger partial charge in [-0.1, -0.05) is 11.6 Å². The SMILES string of the molecule is N#CC#Cc1cnc(N)c(Cl)n1.